The third-order valence-electron chi connectivity index (χ3n) is 3.35. The van der Waals surface area contributed by atoms with Gasteiger partial charge in [-0.3, -0.25) is 0 Å². The van der Waals surface area contributed by atoms with Gasteiger partial charge in [-0.05, 0) is 38.3 Å². The molecule has 14 heavy (non-hydrogen) atoms. The lowest BCUT2D eigenvalue weighted by Crippen LogP contribution is -2.43. The minimum absolute atomic E-state index is 0.538. The van der Waals surface area contributed by atoms with Crippen LogP contribution >= 0.6 is 0 Å². The van der Waals surface area contributed by atoms with Gasteiger partial charge < -0.3 is 10.0 Å². The molecule has 0 atom stereocenters. The predicted molar refractivity (Wildman–Crippen MR) is 58.1 cm³/mol. The summed E-state index contributed by atoms with van der Waals surface area (Å²) < 4.78 is 0. The molecule has 0 aromatic rings. The van der Waals surface area contributed by atoms with Gasteiger partial charge in [0.2, 0.25) is 0 Å². The zero-order valence-electron chi connectivity index (χ0n) is 8.87. The predicted octanol–water partition coefficient (Wildman–Crippen LogP) is 1.72. The summed E-state index contributed by atoms with van der Waals surface area (Å²) >= 11 is 0. The Hall–Kier alpha value is -0.600. The Morgan fingerprint density at radius 2 is 2.00 bits per heavy atom. The van der Waals surface area contributed by atoms with Crippen LogP contribution in [0, 0.1) is 0 Å². The van der Waals surface area contributed by atoms with Crippen LogP contribution in [0.1, 0.15) is 25.7 Å². The van der Waals surface area contributed by atoms with Crippen molar-refractivity contribution in [2.24, 2.45) is 0 Å². The molecule has 1 heterocycles. The number of likely N-dealkylation sites (tertiary alicyclic amines) is 1. The third-order valence-corrected chi connectivity index (χ3v) is 3.35. The fourth-order valence-corrected chi connectivity index (χ4v) is 2.24. The quantitative estimate of drug-likeness (QED) is 0.685. The lowest BCUT2D eigenvalue weighted by Gasteiger charge is -2.38. The largest absolute Gasteiger partial charge is 0.385 e. The lowest BCUT2D eigenvalue weighted by atomic mass is 9.82. The fraction of sp³-hybridized carbons (Fsp3) is 0.667. The van der Waals surface area contributed by atoms with E-state index in [2.05, 4.69) is 30.2 Å². The van der Waals surface area contributed by atoms with E-state index in [0.717, 1.165) is 44.3 Å². The average Bonchev–Trinajstić information content (AvgIpc) is 2.24. The van der Waals surface area contributed by atoms with Gasteiger partial charge in [0.15, 0.2) is 0 Å². The maximum atomic E-state index is 10.5. The second-order valence-corrected chi connectivity index (χ2v) is 4.47. The molecule has 0 bridgehead atoms. The van der Waals surface area contributed by atoms with Crippen LogP contribution in [-0.2, 0) is 0 Å². The summed E-state index contributed by atoms with van der Waals surface area (Å²) in [4.78, 5) is 2.28. The highest BCUT2D eigenvalue weighted by Gasteiger charge is 2.33. The molecular weight excluding hydrogens is 174 g/mol. The van der Waals surface area contributed by atoms with E-state index in [4.69, 9.17) is 0 Å². The van der Waals surface area contributed by atoms with E-state index in [1.54, 1.807) is 0 Å². The number of piperidine rings is 1. The molecule has 2 heteroatoms. The van der Waals surface area contributed by atoms with Gasteiger partial charge in [-0.1, -0.05) is 18.2 Å². The lowest BCUT2D eigenvalue weighted by molar-refractivity contribution is 0.0188. The number of rotatable bonds is 1. The Kier molecular flexibility index (Phi) is 2.75. The topological polar surface area (TPSA) is 23.5 Å². The highest BCUT2D eigenvalue weighted by molar-refractivity contribution is 5.31. The summed E-state index contributed by atoms with van der Waals surface area (Å²) in [6.45, 7) is 2.00. The molecular formula is C12H19NO. The maximum absolute atomic E-state index is 10.5. The van der Waals surface area contributed by atoms with E-state index >= 15 is 0 Å². The summed E-state index contributed by atoms with van der Waals surface area (Å²) in [6.07, 6.45) is 10.4. The molecule has 0 unspecified atom stereocenters. The highest BCUT2D eigenvalue weighted by atomic mass is 16.3. The average molecular weight is 193 g/mol. The molecule has 78 valence electrons. The molecule has 0 amide bonds. The maximum Gasteiger partial charge on any atom is 0.0917 e. The van der Waals surface area contributed by atoms with E-state index < -0.39 is 5.60 Å². The van der Waals surface area contributed by atoms with Crippen LogP contribution in [0.2, 0.25) is 0 Å². The smallest absolute Gasteiger partial charge is 0.0917 e. The highest BCUT2D eigenvalue weighted by Crippen LogP contribution is 2.31. The van der Waals surface area contributed by atoms with Crippen molar-refractivity contribution in [3.05, 3.63) is 23.8 Å². The van der Waals surface area contributed by atoms with Crippen molar-refractivity contribution in [1.82, 2.24) is 4.90 Å². The van der Waals surface area contributed by atoms with E-state index in [1.807, 2.05) is 0 Å². The van der Waals surface area contributed by atoms with Crippen molar-refractivity contribution in [2.45, 2.75) is 31.3 Å². The van der Waals surface area contributed by atoms with Crippen molar-refractivity contribution in [3.63, 3.8) is 0 Å². The van der Waals surface area contributed by atoms with Gasteiger partial charge in [-0.25, -0.2) is 0 Å². The first-order chi connectivity index (χ1) is 6.71. The van der Waals surface area contributed by atoms with Crippen LogP contribution in [-0.4, -0.2) is 35.7 Å². The van der Waals surface area contributed by atoms with Gasteiger partial charge in [0, 0.05) is 13.1 Å². The minimum atomic E-state index is -0.538. The van der Waals surface area contributed by atoms with Gasteiger partial charge >= 0.3 is 0 Å². The Bertz CT molecular complexity index is 259. The van der Waals surface area contributed by atoms with Crippen LogP contribution < -0.4 is 0 Å². The molecule has 2 aliphatic rings. The number of hydrogen-bond acceptors (Lipinski definition) is 2. The summed E-state index contributed by atoms with van der Waals surface area (Å²) in [5.41, 5.74) is 0.612. The fourth-order valence-electron chi connectivity index (χ4n) is 2.24. The van der Waals surface area contributed by atoms with Crippen LogP contribution in [0.4, 0.5) is 0 Å². The molecule has 1 saturated heterocycles. The number of hydrogen-bond donors (Lipinski definition) is 1. The zero-order chi connectivity index (χ0) is 10.0. The van der Waals surface area contributed by atoms with Gasteiger partial charge in [0.05, 0.1) is 5.60 Å². The molecule has 0 aromatic heterocycles. The normalized spacial score (nSPS) is 27.4. The molecule has 1 fully saturated rings. The minimum Gasteiger partial charge on any atom is -0.385 e. The monoisotopic (exact) mass is 193 g/mol. The molecule has 1 aliphatic carbocycles. The van der Waals surface area contributed by atoms with Crippen LogP contribution in [0.3, 0.4) is 0 Å². The van der Waals surface area contributed by atoms with Crippen molar-refractivity contribution >= 4 is 0 Å². The summed E-state index contributed by atoms with van der Waals surface area (Å²) in [5.74, 6) is 0. The number of nitrogens with zero attached hydrogens (tertiary/aromatic N) is 1. The Labute approximate surface area is 85.9 Å². The summed E-state index contributed by atoms with van der Waals surface area (Å²) in [5, 5.41) is 10.5. The zero-order valence-corrected chi connectivity index (χ0v) is 8.87. The first-order valence-electron chi connectivity index (χ1n) is 5.49. The summed E-state index contributed by atoms with van der Waals surface area (Å²) in [7, 11) is 2.12. The summed E-state index contributed by atoms with van der Waals surface area (Å²) in [6, 6.07) is 0. The van der Waals surface area contributed by atoms with Crippen molar-refractivity contribution < 1.29 is 5.11 Å². The van der Waals surface area contributed by atoms with E-state index in [-0.39, 0.29) is 0 Å². The number of aliphatic hydroxyl groups is 1. The molecule has 0 saturated carbocycles. The molecule has 1 aliphatic heterocycles. The molecule has 0 aromatic carbocycles. The Morgan fingerprint density at radius 3 is 2.57 bits per heavy atom. The van der Waals surface area contributed by atoms with Crippen molar-refractivity contribution in [2.75, 3.05) is 20.1 Å². The SMILES string of the molecule is CN1CCC(O)(C2=CCCC=C2)CC1. The Balaban J connectivity index is 2.08. The van der Waals surface area contributed by atoms with E-state index in [9.17, 15) is 5.11 Å². The third kappa shape index (κ3) is 1.91. The molecule has 0 radical (unpaired) electrons. The van der Waals surface area contributed by atoms with Crippen LogP contribution in [0.25, 0.3) is 0 Å². The van der Waals surface area contributed by atoms with E-state index in [0.29, 0.717) is 0 Å². The number of allylic oxidation sites excluding steroid dienone is 2. The van der Waals surface area contributed by atoms with Crippen LogP contribution in [0.5, 0.6) is 0 Å². The van der Waals surface area contributed by atoms with Gasteiger partial charge in [0.25, 0.3) is 0 Å². The molecule has 2 rings (SSSR count). The van der Waals surface area contributed by atoms with Crippen molar-refractivity contribution in [1.29, 1.82) is 0 Å². The molecule has 2 nitrogen and oxygen atoms in total. The second-order valence-electron chi connectivity index (χ2n) is 4.47. The molecule has 0 spiro atoms. The standard InChI is InChI=1S/C12H19NO/c1-13-9-7-12(14,8-10-13)11-5-3-2-4-6-11/h3,5-6,14H,2,4,7-10H2,1H3. The first kappa shape index (κ1) is 9.94. The van der Waals surface area contributed by atoms with Crippen LogP contribution in [0.15, 0.2) is 23.8 Å². The van der Waals surface area contributed by atoms with Gasteiger partial charge in [-0.2, -0.15) is 0 Å². The van der Waals surface area contributed by atoms with E-state index in [1.165, 1.54) is 0 Å². The first-order valence-corrected chi connectivity index (χ1v) is 5.49. The van der Waals surface area contributed by atoms with Gasteiger partial charge in [0.1, 0.15) is 0 Å². The van der Waals surface area contributed by atoms with Crippen molar-refractivity contribution in [3.8, 4) is 0 Å². The molecule has 1 N–H and O–H groups in total. The second kappa shape index (κ2) is 3.87. The Morgan fingerprint density at radius 1 is 1.29 bits per heavy atom. The van der Waals surface area contributed by atoms with Gasteiger partial charge in [-0.15, -0.1) is 0 Å².